The second kappa shape index (κ2) is 12.0. The average Bonchev–Trinajstić information content (AvgIpc) is 2.84. The molecule has 3 aromatic carbocycles. The number of amides is 2. The zero-order valence-corrected chi connectivity index (χ0v) is 20.2. The molecule has 3 rings (SSSR count). The SMILES string of the molecule is Cc1ccc(S(=O)(=O)Cc2ccc(NC(=O)N[C@H](Cc3ccccc3)C(=O)CCC#N)cc2)cc1. The molecule has 0 saturated heterocycles. The molecule has 8 heteroatoms. The van der Waals surface area contributed by atoms with Gasteiger partial charge in [-0.25, -0.2) is 13.2 Å². The van der Waals surface area contributed by atoms with E-state index < -0.39 is 21.9 Å². The van der Waals surface area contributed by atoms with Gasteiger partial charge in [-0.3, -0.25) is 4.79 Å². The Morgan fingerprint density at radius 1 is 0.914 bits per heavy atom. The minimum absolute atomic E-state index is 0.0540. The highest BCUT2D eigenvalue weighted by atomic mass is 32.2. The number of sulfone groups is 1. The molecule has 0 saturated carbocycles. The Morgan fingerprint density at radius 2 is 1.57 bits per heavy atom. The molecule has 0 unspecified atom stereocenters. The maximum Gasteiger partial charge on any atom is 0.319 e. The number of rotatable bonds is 10. The van der Waals surface area contributed by atoms with Gasteiger partial charge in [0.2, 0.25) is 0 Å². The topological polar surface area (TPSA) is 116 Å². The first-order chi connectivity index (χ1) is 16.8. The van der Waals surface area contributed by atoms with Gasteiger partial charge in [0, 0.05) is 18.5 Å². The number of hydrogen-bond donors (Lipinski definition) is 2. The molecule has 0 aliphatic rings. The molecule has 1 atom stereocenters. The number of hydrogen-bond acceptors (Lipinski definition) is 5. The summed E-state index contributed by atoms with van der Waals surface area (Å²) in [4.78, 5) is 25.4. The summed E-state index contributed by atoms with van der Waals surface area (Å²) < 4.78 is 25.3. The van der Waals surface area contributed by atoms with Crippen LogP contribution in [-0.4, -0.2) is 26.3 Å². The summed E-state index contributed by atoms with van der Waals surface area (Å²) in [6.07, 6.45) is 0.452. The van der Waals surface area contributed by atoms with Gasteiger partial charge >= 0.3 is 6.03 Å². The van der Waals surface area contributed by atoms with Gasteiger partial charge < -0.3 is 10.6 Å². The normalized spacial score (nSPS) is 11.8. The lowest BCUT2D eigenvalue weighted by Gasteiger charge is -2.18. The molecule has 0 bridgehead atoms. The third-order valence-corrected chi connectivity index (χ3v) is 7.11. The quantitative estimate of drug-likeness (QED) is 0.433. The smallest absolute Gasteiger partial charge is 0.319 e. The molecule has 0 aliphatic carbocycles. The number of urea groups is 1. The van der Waals surface area contributed by atoms with E-state index in [-0.39, 0.29) is 29.3 Å². The van der Waals surface area contributed by atoms with Crippen molar-refractivity contribution < 1.29 is 18.0 Å². The van der Waals surface area contributed by atoms with Gasteiger partial charge in [0.25, 0.3) is 0 Å². The molecular weight excluding hydrogens is 462 g/mol. The van der Waals surface area contributed by atoms with Gasteiger partial charge in [-0.1, -0.05) is 60.2 Å². The minimum Gasteiger partial charge on any atom is -0.328 e. The molecule has 0 aromatic heterocycles. The number of Topliss-reactive ketones (excluding diaryl/α,β-unsaturated/α-hetero) is 1. The summed E-state index contributed by atoms with van der Waals surface area (Å²) in [5.41, 5.74) is 2.92. The van der Waals surface area contributed by atoms with Crippen LogP contribution in [0.3, 0.4) is 0 Å². The highest BCUT2D eigenvalue weighted by Crippen LogP contribution is 2.19. The van der Waals surface area contributed by atoms with Crippen LogP contribution in [0.5, 0.6) is 0 Å². The number of benzene rings is 3. The standard InChI is InChI=1S/C27H27N3O4S/c1-20-9-15-24(16-10-20)35(33,34)19-22-11-13-23(14-12-22)29-27(32)30-25(26(31)8-5-17-28)18-21-6-3-2-4-7-21/h2-4,6-7,9-16,25H,5,8,18-19H2,1H3,(H2,29,30,32)/t25-/m1/s1. The highest BCUT2D eigenvalue weighted by Gasteiger charge is 2.21. The van der Waals surface area contributed by atoms with Crippen molar-refractivity contribution in [3.05, 3.63) is 95.6 Å². The summed E-state index contributed by atoms with van der Waals surface area (Å²) in [5, 5.41) is 14.2. The Balaban J connectivity index is 1.63. The molecule has 2 N–H and O–H groups in total. The predicted octanol–water partition coefficient (Wildman–Crippen LogP) is 4.57. The van der Waals surface area contributed by atoms with E-state index in [9.17, 15) is 18.0 Å². The first kappa shape index (κ1) is 25.7. The second-order valence-corrected chi connectivity index (χ2v) is 10.2. The fourth-order valence-corrected chi connectivity index (χ4v) is 4.86. The highest BCUT2D eigenvalue weighted by molar-refractivity contribution is 7.90. The van der Waals surface area contributed by atoms with Crippen molar-refractivity contribution in [1.82, 2.24) is 5.32 Å². The van der Waals surface area contributed by atoms with E-state index in [0.717, 1.165) is 11.1 Å². The number of nitrogens with one attached hydrogen (secondary N) is 2. The average molecular weight is 490 g/mol. The predicted molar refractivity (Wildman–Crippen MR) is 134 cm³/mol. The number of carbonyl (C=O) groups is 2. The fourth-order valence-electron chi connectivity index (χ4n) is 3.51. The van der Waals surface area contributed by atoms with Gasteiger partial charge in [-0.2, -0.15) is 5.26 Å². The zero-order chi connectivity index (χ0) is 25.3. The molecule has 0 heterocycles. The number of nitriles is 1. The molecule has 0 radical (unpaired) electrons. The van der Waals surface area contributed by atoms with Crippen molar-refractivity contribution >= 4 is 27.3 Å². The summed E-state index contributed by atoms with van der Waals surface area (Å²) in [6, 6.07) is 23.1. The van der Waals surface area contributed by atoms with E-state index in [2.05, 4.69) is 10.6 Å². The van der Waals surface area contributed by atoms with Crippen LogP contribution < -0.4 is 10.6 Å². The van der Waals surface area contributed by atoms with Crippen LogP contribution in [0.4, 0.5) is 10.5 Å². The molecule has 2 amide bonds. The van der Waals surface area contributed by atoms with E-state index in [1.165, 1.54) is 0 Å². The van der Waals surface area contributed by atoms with Gasteiger partial charge in [0.05, 0.1) is 22.8 Å². The monoisotopic (exact) mass is 489 g/mol. The Bertz CT molecular complexity index is 1300. The van der Waals surface area contributed by atoms with E-state index in [0.29, 0.717) is 17.7 Å². The van der Waals surface area contributed by atoms with Gasteiger partial charge in [-0.05, 0) is 48.7 Å². The number of nitrogens with zero attached hydrogens (tertiary/aromatic N) is 1. The van der Waals surface area contributed by atoms with Crippen LogP contribution in [0.2, 0.25) is 0 Å². The molecule has 0 fully saturated rings. The Morgan fingerprint density at radius 3 is 2.20 bits per heavy atom. The van der Waals surface area contributed by atoms with Crippen molar-refractivity contribution in [3.63, 3.8) is 0 Å². The Kier molecular flexibility index (Phi) is 8.76. The van der Waals surface area contributed by atoms with Crippen molar-refractivity contribution in [2.45, 2.75) is 42.9 Å². The van der Waals surface area contributed by atoms with Crippen LogP contribution >= 0.6 is 0 Å². The Hall–Kier alpha value is -3.96. The van der Waals surface area contributed by atoms with Crippen LogP contribution in [0.15, 0.2) is 83.8 Å². The van der Waals surface area contributed by atoms with E-state index in [4.69, 9.17) is 5.26 Å². The lowest BCUT2D eigenvalue weighted by atomic mass is 10.00. The van der Waals surface area contributed by atoms with Crippen LogP contribution in [-0.2, 0) is 26.8 Å². The van der Waals surface area contributed by atoms with Crippen molar-refractivity contribution in [2.75, 3.05) is 5.32 Å². The fraction of sp³-hybridized carbons (Fsp3) is 0.222. The molecule has 0 aliphatic heterocycles. The number of anilines is 1. The zero-order valence-electron chi connectivity index (χ0n) is 19.4. The molecule has 180 valence electrons. The maximum absolute atomic E-state index is 12.7. The van der Waals surface area contributed by atoms with E-state index in [1.807, 2.05) is 43.3 Å². The maximum atomic E-state index is 12.7. The molecular formula is C27H27N3O4S. The van der Waals surface area contributed by atoms with Crippen LogP contribution in [0.1, 0.15) is 29.5 Å². The third-order valence-electron chi connectivity index (χ3n) is 5.41. The summed E-state index contributed by atoms with van der Waals surface area (Å²) in [7, 11) is -3.49. The summed E-state index contributed by atoms with van der Waals surface area (Å²) in [5.74, 6) is -0.378. The van der Waals surface area contributed by atoms with E-state index >= 15 is 0 Å². The number of carbonyl (C=O) groups excluding carboxylic acids is 2. The molecule has 7 nitrogen and oxygen atoms in total. The van der Waals surface area contributed by atoms with Crippen molar-refractivity contribution in [2.24, 2.45) is 0 Å². The van der Waals surface area contributed by atoms with Crippen molar-refractivity contribution in [3.8, 4) is 6.07 Å². The minimum atomic E-state index is -3.49. The first-order valence-corrected chi connectivity index (χ1v) is 12.8. The molecule has 35 heavy (non-hydrogen) atoms. The van der Waals surface area contributed by atoms with Gasteiger partial charge in [0.1, 0.15) is 0 Å². The van der Waals surface area contributed by atoms with Crippen LogP contribution in [0.25, 0.3) is 0 Å². The van der Waals surface area contributed by atoms with Crippen molar-refractivity contribution in [1.29, 1.82) is 5.26 Å². The largest absolute Gasteiger partial charge is 0.328 e. The first-order valence-electron chi connectivity index (χ1n) is 11.2. The van der Waals surface area contributed by atoms with E-state index in [1.54, 1.807) is 48.5 Å². The summed E-state index contributed by atoms with van der Waals surface area (Å²) in [6.45, 7) is 1.89. The van der Waals surface area contributed by atoms with Crippen LogP contribution in [0, 0.1) is 18.3 Å². The lowest BCUT2D eigenvalue weighted by molar-refractivity contribution is -0.120. The summed E-state index contributed by atoms with van der Waals surface area (Å²) >= 11 is 0. The molecule has 0 spiro atoms. The lowest BCUT2D eigenvalue weighted by Crippen LogP contribution is -2.44. The van der Waals surface area contributed by atoms with Gasteiger partial charge in [-0.15, -0.1) is 0 Å². The van der Waals surface area contributed by atoms with Gasteiger partial charge in [0.15, 0.2) is 15.6 Å². The second-order valence-electron chi connectivity index (χ2n) is 8.23. The number of aryl methyl sites for hydroxylation is 1. The Labute approximate surface area is 205 Å². The molecule has 3 aromatic rings. The number of ketones is 1. The third kappa shape index (κ3) is 7.80.